The van der Waals surface area contributed by atoms with Crippen molar-refractivity contribution < 1.29 is 33.8 Å². The van der Waals surface area contributed by atoms with Crippen LogP contribution in [-0.4, -0.2) is 100 Å². The van der Waals surface area contributed by atoms with E-state index in [0.717, 1.165) is 18.4 Å². The number of allylic oxidation sites excluding steroid dienone is 1. The van der Waals surface area contributed by atoms with Gasteiger partial charge in [0.05, 0.1) is 18.1 Å². The van der Waals surface area contributed by atoms with Crippen LogP contribution < -0.4 is 0 Å². The van der Waals surface area contributed by atoms with Gasteiger partial charge in [0.25, 0.3) is 0 Å². The van der Waals surface area contributed by atoms with Crippen LogP contribution >= 0.6 is 0 Å². The van der Waals surface area contributed by atoms with E-state index < -0.39 is 47.7 Å². The molecule has 244 valence electrons. The number of ether oxygens (including phenoxy) is 2. The minimum Gasteiger partial charge on any atom is -0.455 e. The Balaban J connectivity index is 1.56. The second kappa shape index (κ2) is 13.9. The van der Waals surface area contributed by atoms with Gasteiger partial charge in [-0.05, 0) is 45.6 Å². The molecule has 0 unspecified atom stereocenters. The zero-order chi connectivity index (χ0) is 32.3. The first-order valence-corrected chi connectivity index (χ1v) is 16.4. The summed E-state index contributed by atoms with van der Waals surface area (Å²) in [5.74, 6) is -3.08. The highest BCUT2D eigenvalue weighted by Gasteiger charge is 2.71. The van der Waals surface area contributed by atoms with Gasteiger partial charge >= 0.3 is 5.97 Å². The van der Waals surface area contributed by atoms with Crippen molar-refractivity contribution in [1.29, 1.82) is 0 Å². The van der Waals surface area contributed by atoms with Crippen molar-refractivity contribution in [1.82, 2.24) is 14.7 Å². The SMILES string of the molecule is CC(C)N1CC=C[C@@]23O[C@H]4/C=C\CCC(=O)N(C)[C@@H](C)[C@H](c5ccccc5)OC(=O)[C@H]4[C@@H]2C(=O)N(CCCCCCO)[C@H]3C1=O. The summed E-state index contributed by atoms with van der Waals surface area (Å²) in [7, 11) is 1.72. The highest BCUT2D eigenvalue weighted by Crippen LogP contribution is 2.53. The molecule has 2 saturated heterocycles. The fraction of sp³-hybridized carbons (Fsp3) is 0.600. The van der Waals surface area contributed by atoms with Gasteiger partial charge in [0.2, 0.25) is 17.7 Å². The Morgan fingerprint density at radius 3 is 2.44 bits per heavy atom. The summed E-state index contributed by atoms with van der Waals surface area (Å²) in [6, 6.07) is 7.84. The Kier molecular flexibility index (Phi) is 10.1. The Morgan fingerprint density at radius 1 is 1.00 bits per heavy atom. The molecule has 0 aromatic heterocycles. The van der Waals surface area contributed by atoms with Gasteiger partial charge in [-0.15, -0.1) is 0 Å². The second-order valence-electron chi connectivity index (χ2n) is 13.0. The molecule has 4 aliphatic heterocycles. The summed E-state index contributed by atoms with van der Waals surface area (Å²) in [5.41, 5.74) is -0.601. The maximum Gasteiger partial charge on any atom is 0.313 e. The first-order chi connectivity index (χ1) is 21.6. The van der Waals surface area contributed by atoms with Gasteiger partial charge in [-0.1, -0.05) is 67.5 Å². The zero-order valence-corrected chi connectivity index (χ0v) is 26.8. The molecule has 0 aliphatic carbocycles. The van der Waals surface area contributed by atoms with E-state index in [1.165, 1.54) is 0 Å². The molecular weight excluding hydrogens is 574 g/mol. The Bertz CT molecular complexity index is 1310. The van der Waals surface area contributed by atoms with Gasteiger partial charge in [-0.2, -0.15) is 0 Å². The topological polar surface area (TPSA) is 117 Å². The van der Waals surface area contributed by atoms with Gasteiger partial charge in [0, 0.05) is 39.2 Å². The Morgan fingerprint density at radius 2 is 1.73 bits per heavy atom. The van der Waals surface area contributed by atoms with E-state index in [4.69, 9.17) is 9.47 Å². The molecule has 10 nitrogen and oxygen atoms in total. The smallest absolute Gasteiger partial charge is 0.313 e. The van der Waals surface area contributed by atoms with Crippen LogP contribution in [0.5, 0.6) is 0 Å². The molecular formula is C35H47N3O7. The number of likely N-dealkylation sites (N-methyl/N-ethyl adjacent to an activating group) is 1. The quantitative estimate of drug-likeness (QED) is 0.269. The number of aliphatic hydroxyl groups is 1. The molecule has 1 spiro atoms. The Labute approximate surface area is 266 Å². The molecule has 1 N–H and O–H groups in total. The lowest BCUT2D eigenvalue weighted by molar-refractivity contribution is -0.164. The molecule has 1 aromatic rings. The van der Waals surface area contributed by atoms with Crippen molar-refractivity contribution in [3.05, 3.63) is 60.2 Å². The lowest BCUT2D eigenvalue weighted by atomic mass is 9.77. The van der Waals surface area contributed by atoms with E-state index in [1.54, 1.807) is 27.8 Å². The third kappa shape index (κ3) is 6.19. The molecule has 3 amide bonds. The van der Waals surface area contributed by atoms with Crippen molar-refractivity contribution in [3.63, 3.8) is 0 Å². The second-order valence-corrected chi connectivity index (χ2v) is 13.0. The number of rotatable bonds is 8. The summed E-state index contributed by atoms with van der Waals surface area (Å²) in [4.78, 5) is 61.3. The molecule has 0 bridgehead atoms. The number of carbonyl (C=O) groups excluding carboxylic acids is 4. The summed E-state index contributed by atoms with van der Waals surface area (Å²) >= 11 is 0. The van der Waals surface area contributed by atoms with Crippen LogP contribution in [0.4, 0.5) is 0 Å². The third-order valence-corrected chi connectivity index (χ3v) is 9.89. The molecule has 4 aliphatic rings. The number of unbranched alkanes of at least 4 members (excludes halogenated alkanes) is 3. The summed E-state index contributed by atoms with van der Waals surface area (Å²) < 4.78 is 13.1. The number of aliphatic hydroxyl groups excluding tert-OH is 1. The van der Waals surface area contributed by atoms with Gasteiger partial charge < -0.3 is 29.3 Å². The zero-order valence-electron chi connectivity index (χ0n) is 26.8. The van der Waals surface area contributed by atoms with Crippen LogP contribution in [0.15, 0.2) is 54.6 Å². The molecule has 5 rings (SSSR count). The molecule has 45 heavy (non-hydrogen) atoms. The molecule has 10 heteroatoms. The van der Waals surface area contributed by atoms with Crippen LogP contribution in [0, 0.1) is 11.8 Å². The van der Waals surface area contributed by atoms with Crippen molar-refractivity contribution in [2.75, 3.05) is 26.7 Å². The summed E-state index contributed by atoms with van der Waals surface area (Å²) in [6.07, 6.45) is 9.40. The number of benzene rings is 1. The van der Waals surface area contributed by atoms with Gasteiger partial charge in [0.15, 0.2) is 0 Å². The molecule has 4 heterocycles. The van der Waals surface area contributed by atoms with Crippen molar-refractivity contribution in [2.24, 2.45) is 11.8 Å². The van der Waals surface area contributed by atoms with E-state index in [1.807, 2.05) is 69.3 Å². The molecule has 7 atom stereocenters. The number of cyclic esters (lactones) is 1. The van der Waals surface area contributed by atoms with Crippen LogP contribution in [0.2, 0.25) is 0 Å². The van der Waals surface area contributed by atoms with E-state index in [0.29, 0.717) is 32.4 Å². The number of fused-ring (bicyclic) bond motifs is 2. The number of hydrogen-bond donors (Lipinski definition) is 1. The monoisotopic (exact) mass is 621 g/mol. The lowest BCUT2D eigenvalue weighted by Gasteiger charge is -2.36. The highest BCUT2D eigenvalue weighted by atomic mass is 16.6. The average molecular weight is 622 g/mol. The maximum atomic E-state index is 14.5. The molecule has 0 saturated carbocycles. The van der Waals surface area contributed by atoms with Gasteiger partial charge in [0.1, 0.15) is 23.7 Å². The maximum absolute atomic E-state index is 14.5. The van der Waals surface area contributed by atoms with E-state index in [-0.39, 0.29) is 36.8 Å². The van der Waals surface area contributed by atoms with Gasteiger partial charge in [-0.25, -0.2) is 0 Å². The van der Waals surface area contributed by atoms with Crippen molar-refractivity contribution in [3.8, 4) is 0 Å². The highest BCUT2D eigenvalue weighted by molar-refractivity contribution is 5.99. The third-order valence-electron chi connectivity index (χ3n) is 9.89. The number of esters is 1. The minimum atomic E-state index is -1.34. The van der Waals surface area contributed by atoms with E-state index in [9.17, 15) is 24.3 Å². The van der Waals surface area contributed by atoms with Crippen LogP contribution in [0.1, 0.15) is 71.0 Å². The first kappa shape index (κ1) is 32.9. The summed E-state index contributed by atoms with van der Waals surface area (Å²) in [5, 5.41) is 9.21. The normalized spacial score (nSPS) is 32.9. The predicted molar refractivity (Wildman–Crippen MR) is 168 cm³/mol. The lowest BCUT2D eigenvalue weighted by Crippen LogP contribution is -2.56. The molecule has 2 fully saturated rings. The number of likely N-dealkylation sites (tertiary alicyclic amines) is 1. The van der Waals surface area contributed by atoms with E-state index >= 15 is 0 Å². The fourth-order valence-electron chi connectivity index (χ4n) is 7.36. The van der Waals surface area contributed by atoms with Crippen molar-refractivity contribution >= 4 is 23.7 Å². The van der Waals surface area contributed by atoms with Crippen LogP contribution in [0.25, 0.3) is 0 Å². The molecule has 0 radical (unpaired) electrons. The predicted octanol–water partition coefficient (Wildman–Crippen LogP) is 3.41. The first-order valence-electron chi connectivity index (χ1n) is 16.4. The van der Waals surface area contributed by atoms with Crippen molar-refractivity contribution in [2.45, 2.75) is 95.2 Å². The summed E-state index contributed by atoms with van der Waals surface area (Å²) in [6.45, 7) is 6.59. The van der Waals surface area contributed by atoms with Crippen LogP contribution in [-0.2, 0) is 28.7 Å². The number of amides is 3. The number of carbonyl (C=O) groups is 4. The molecule has 1 aromatic carbocycles. The van der Waals surface area contributed by atoms with E-state index in [2.05, 4.69) is 0 Å². The standard InChI is InChI=1S/C35H47N3O7/c1-23(2)37-21-14-19-35-29(32(41)38(31(35)33(37)42)20-12-5-6-13-22-39)28-26(45-35)17-10-11-18-27(40)36(4)24(3)30(44-34(28)43)25-15-8-7-9-16-25/h7-10,14-17,19,23-24,26,28-31,39H,5-6,11-13,18,20-22H2,1-4H3/b17-10-/t24-,26-,28+,29+,30+,31-,35+/m0/s1. The Hall–Kier alpha value is -3.50. The van der Waals surface area contributed by atoms with Gasteiger partial charge in [-0.3, -0.25) is 19.2 Å². The number of nitrogens with zero attached hydrogens (tertiary/aromatic N) is 3. The largest absolute Gasteiger partial charge is 0.455 e. The van der Waals surface area contributed by atoms with Crippen LogP contribution in [0.3, 0.4) is 0 Å². The number of hydrogen-bond acceptors (Lipinski definition) is 7. The average Bonchev–Trinajstić information content (AvgIpc) is 3.40. The fourth-order valence-corrected chi connectivity index (χ4v) is 7.36. The minimum absolute atomic E-state index is 0.0694.